The van der Waals surface area contributed by atoms with E-state index in [1.807, 2.05) is 45.0 Å². The highest BCUT2D eigenvalue weighted by atomic mass is 19.1. The van der Waals surface area contributed by atoms with E-state index < -0.39 is 5.60 Å². The van der Waals surface area contributed by atoms with Crippen molar-refractivity contribution in [1.29, 1.82) is 0 Å². The van der Waals surface area contributed by atoms with E-state index in [1.165, 1.54) is 12.1 Å². The maximum Gasteiger partial charge on any atom is 0.415 e. The molecule has 2 saturated heterocycles. The Morgan fingerprint density at radius 3 is 2.10 bits per heavy atom. The maximum atomic E-state index is 13.6. The van der Waals surface area contributed by atoms with E-state index in [9.17, 15) is 9.18 Å². The molecule has 2 fully saturated rings. The molecule has 41 heavy (non-hydrogen) atoms. The SMILES string of the molecule is CCOc1cc(CN2CCC3(CC2)CN(c2ccccc2C)C(=O)O3)cc(OCC)c1-c1ccc(F)cc1.O=C=O. The molecule has 3 aromatic rings. The maximum absolute atomic E-state index is 13.6. The normalized spacial score (nSPS) is 16.0. The van der Waals surface area contributed by atoms with Gasteiger partial charge < -0.3 is 14.2 Å². The first-order valence-corrected chi connectivity index (χ1v) is 13.8. The summed E-state index contributed by atoms with van der Waals surface area (Å²) in [7, 11) is 0. The third kappa shape index (κ3) is 6.93. The molecule has 9 heteroatoms. The quantitative estimate of drug-likeness (QED) is 0.333. The first-order chi connectivity index (χ1) is 19.8. The minimum atomic E-state index is -0.449. The van der Waals surface area contributed by atoms with Gasteiger partial charge in [0.1, 0.15) is 22.9 Å². The average Bonchev–Trinajstić information content (AvgIpc) is 3.27. The molecule has 0 N–H and O–H groups in total. The van der Waals surface area contributed by atoms with Crippen LogP contribution in [-0.4, -0.2) is 55.6 Å². The first-order valence-electron chi connectivity index (χ1n) is 13.8. The molecule has 0 unspecified atom stereocenters. The van der Waals surface area contributed by atoms with Crippen molar-refractivity contribution in [3.05, 3.63) is 77.6 Å². The summed E-state index contributed by atoms with van der Waals surface area (Å²) in [4.78, 5) is 33.2. The predicted octanol–water partition coefficient (Wildman–Crippen LogP) is 6.01. The second-order valence-corrected chi connectivity index (χ2v) is 10.1. The molecule has 0 radical (unpaired) electrons. The van der Waals surface area contributed by atoms with Gasteiger partial charge in [0, 0.05) is 32.5 Å². The third-order valence-electron chi connectivity index (χ3n) is 7.41. The zero-order chi connectivity index (χ0) is 29.4. The summed E-state index contributed by atoms with van der Waals surface area (Å²) in [6, 6.07) is 18.5. The summed E-state index contributed by atoms with van der Waals surface area (Å²) in [5, 5.41) is 0. The van der Waals surface area contributed by atoms with Gasteiger partial charge in [0.2, 0.25) is 0 Å². The molecule has 8 nitrogen and oxygen atoms in total. The molecular weight excluding hydrogens is 527 g/mol. The van der Waals surface area contributed by atoms with E-state index in [1.54, 1.807) is 17.0 Å². The van der Waals surface area contributed by atoms with Crippen LogP contribution in [0.3, 0.4) is 0 Å². The number of benzene rings is 3. The summed E-state index contributed by atoms with van der Waals surface area (Å²) in [6.45, 7) is 9.91. The highest BCUT2D eigenvalue weighted by Crippen LogP contribution is 2.41. The van der Waals surface area contributed by atoms with Crippen molar-refractivity contribution in [3.63, 3.8) is 0 Å². The standard InChI is InChI=1S/C31H35FN2O4.CO2/c1-4-36-27-18-23(19-28(37-5-2)29(27)24-10-12-25(32)13-11-24)20-33-16-14-31(15-17-33)21-34(30(35)38-31)26-9-7-6-8-22(26)3;2-1-3/h6-13,18-19H,4-5,14-17,20-21H2,1-3H3;. The summed E-state index contributed by atoms with van der Waals surface area (Å²) < 4.78 is 31.6. The molecule has 1 amide bonds. The fraction of sp³-hybridized carbons (Fsp3) is 0.375. The van der Waals surface area contributed by atoms with Crippen molar-refractivity contribution in [3.8, 4) is 22.6 Å². The zero-order valence-electron chi connectivity index (χ0n) is 23.7. The molecule has 2 aliphatic rings. The Morgan fingerprint density at radius 2 is 1.54 bits per heavy atom. The second-order valence-electron chi connectivity index (χ2n) is 10.1. The topological polar surface area (TPSA) is 85.4 Å². The monoisotopic (exact) mass is 562 g/mol. The lowest BCUT2D eigenvalue weighted by Crippen LogP contribution is -2.46. The molecule has 0 bridgehead atoms. The lowest BCUT2D eigenvalue weighted by Gasteiger charge is -2.37. The molecule has 2 heterocycles. The number of anilines is 1. The van der Waals surface area contributed by atoms with Crippen molar-refractivity contribution in [2.24, 2.45) is 0 Å². The van der Waals surface area contributed by atoms with E-state index in [-0.39, 0.29) is 18.1 Å². The fourth-order valence-electron chi connectivity index (χ4n) is 5.49. The van der Waals surface area contributed by atoms with E-state index in [4.69, 9.17) is 23.8 Å². The molecule has 2 aliphatic heterocycles. The van der Waals surface area contributed by atoms with Gasteiger partial charge in [-0.1, -0.05) is 30.3 Å². The Bertz CT molecular complexity index is 1350. The molecule has 0 saturated carbocycles. The Kier molecular flexibility index (Phi) is 9.76. The van der Waals surface area contributed by atoms with Crippen LogP contribution in [0.4, 0.5) is 14.9 Å². The number of carbonyl (C=O) groups is 1. The Labute approximate surface area is 239 Å². The van der Waals surface area contributed by atoms with Crippen LogP contribution < -0.4 is 14.4 Å². The van der Waals surface area contributed by atoms with Crippen molar-refractivity contribution in [2.45, 2.75) is 45.8 Å². The van der Waals surface area contributed by atoms with Gasteiger partial charge in [-0.2, -0.15) is 9.59 Å². The van der Waals surface area contributed by atoms with Crippen molar-refractivity contribution < 1.29 is 33.0 Å². The molecule has 3 aromatic carbocycles. The number of para-hydroxylation sites is 1. The van der Waals surface area contributed by atoms with Gasteiger partial charge in [-0.3, -0.25) is 9.80 Å². The van der Waals surface area contributed by atoms with Crippen LogP contribution in [-0.2, 0) is 20.9 Å². The Morgan fingerprint density at radius 1 is 0.951 bits per heavy atom. The highest BCUT2D eigenvalue weighted by Gasteiger charge is 2.47. The van der Waals surface area contributed by atoms with Crippen LogP contribution in [0.15, 0.2) is 60.7 Å². The average molecular weight is 563 g/mol. The van der Waals surface area contributed by atoms with E-state index in [0.717, 1.165) is 71.9 Å². The lowest BCUT2D eigenvalue weighted by molar-refractivity contribution is -0.191. The summed E-state index contributed by atoms with van der Waals surface area (Å²) in [6.07, 6.45) is 1.56. The Hall–Kier alpha value is -4.20. The highest BCUT2D eigenvalue weighted by molar-refractivity contribution is 5.91. The number of ether oxygens (including phenoxy) is 3. The summed E-state index contributed by atoms with van der Waals surface area (Å²) in [5.74, 6) is 1.18. The van der Waals surface area contributed by atoms with Gasteiger partial charge in [0.15, 0.2) is 0 Å². The molecule has 0 atom stereocenters. The van der Waals surface area contributed by atoms with Crippen LogP contribution in [0.5, 0.6) is 11.5 Å². The number of hydrogen-bond acceptors (Lipinski definition) is 7. The largest absolute Gasteiger partial charge is 0.493 e. The van der Waals surface area contributed by atoms with E-state index >= 15 is 0 Å². The van der Waals surface area contributed by atoms with Gasteiger partial charge in [0.25, 0.3) is 0 Å². The van der Waals surface area contributed by atoms with Gasteiger partial charge in [-0.05, 0) is 67.8 Å². The van der Waals surface area contributed by atoms with Crippen LogP contribution in [0.1, 0.15) is 37.8 Å². The first kappa shape index (κ1) is 29.8. The Balaban J connectivity index is 0.00000124. The molecular formula is C32H35FN2O6. The number of rotatable bonds is 8. The minimum Gasteiger partial charge on any atom is -0.493 e. The molecule has 216 valence electrons. The minimum absolute atomic E-state index is 0.250. The predicted molar refractivity (Wildman–Crippen MR) is 151 cm³/mol. The van der Waals surface area contributed by atoms with Crippen LogP contribution in [0, 0.1) is 12.7 Å². The van der Waals surface area contributed by atoms with Gasteiger partial charge in [0.05, 0.1) is 31.0 Å². The van der Waals surface area contributed by atoms with Gasteiger partial charge in [-0.15, -0.1) is 0 Å². The number of carbonyl (C=O) groups excluding carboxylic acids is 3. The van der Waals surface area contributed by atoms with Crippen molar-refractivity contribution in [2.75, 3.05) is 37.7 Å². The van der Waals surface area contributed by atoms with E-state index in [0.29, 0.717) is 19.8 Å². The fourth-order valence-corrected chi connectivity index (χ4v) is 5.49. The van der Waals surface area contributed by atoms with Gasteiger partial charge >= 0.3 is 12.2 Å². The smallest absolute Gasteiger partial charge is 0.415 e. The van der Waals surface area contributed by atoms with Crippen molar-refractivity contribution >= 4 is 17.9 Å². The number of hydrogen-bond donors (Lipinski definition) is 0. The van der Waals surface area contributed by atoms with Crippen LogP contribution in [0.25, 0.3) is 11.1 Å². The van der Waals surface area contributed by atoms with Gasteiger partial charge in [-0.25, -0.2) is 9.18 Å². The van der Waals surface area contributed by atoms with Crippen LogP contribution in [0.2, 0.25) is 0 Å². The molecule has 0 aromatic heterocycles. The molecule has 5 rings (SSSR count). The van der Waals surface area contributed by atoms with E-state index in [2.05, 4.69) is 17.0 Å². The lowest BCUT2D eigenvalue weighted by atomic mass is 9.90. The number of nitrogens with zero attached hydrogens (tertiary/aromatic N) is 2. The summed E-state index contributed by atoms with van der Waals surface area (Å²) in [5.41, 5.74) is 4.32. The second kappa shape index (κ2) is 13.4. The van der Waals surface area contributed by atoms with Crippen molar-refractivity contribution in [1.82, 2.24) is 4.90 Å². The number of piperidine rings is 1. The summed E-state index contributed by atoms with van der Waals surface area (Å²) >= 11 is 0. The zero-order valence-corrected chi connectivity index (χ0v) is 23.7. The third-order valence-corrected chi connectivity index (χ3v) is 7.41. The molecule has 1 spiro atoms. The number of halogens is 1. The number of amides is 1. The number of likely N-dealkylation sites (tertiary alicyclic amines) is 1. The van der Waals surface area contributed by atoms with Crippen LogP contribution >= 0.6 is 0 Å². The molecule has 0 aliphatic carbocycles. The number of aryl methyl sites for hydroxylation is 1.